The number of benzene rings is 3. The number of anilines is 1. The molecule has 1 unspecified atom stereocenters. The van der Waals surface area contributed by atoms with Crippen LogP contribution < -0.4 is 9.64 Å². The topological polar surface area (TPSA) is 15.7 Å². The maximum absolute atomic E-state index is 13.8. The smallest absolute Gasteiger partial charge is 0.125 e. The van der Waals surface area contributed by atoms with E-state index in [-0.39, 0.29) is 17.7 Å². The molecular formula is C25H26F2N2O. The van der Waals surface area contributed by atoms with Crippen LogP contribution in [0.3, 0.4) is 0 Å². The summed E-state index contributed by atoms with van der Waals surface area (Å²) < 4.78 is 33.2. The van der Waals surface area contributed by atoms with E-state index in [0.29, 0.717) is 0 Å². The van der Waals surface area contributed by atoms with Crippen molar-refractivity contribution in [2.45, 2.75) is 12.5 Å². The van der Waals surface area contributed by atoms with Gasteiger partial charge in [0, 0.05) is 44.8 Å². The zero-order valence-electron chi connectivity index (χ0n) is 16.9. The minimum absolute atomic E-state index is 0.209. The lowest BCUT2D eigenvalue weighted by atomic mass is 10.1. The molecule has 30 heavy (non-hydrogen) atoms. The molecule has 1 heterocycles. The first-order valence-electron chi connectivity index (χ1n) is 10.4. The number of hydrogen-bond acceptors (Lipinski definition) is 3. The van der Waals surface area contributed by atoms with Crippen LogP contribution in [0.25, 0.3) is 0 Å². The molecule has 3 aromatic rings. The van der Waals surface area contributed by atoms with Gasteiger partial charge in [-0.2, -0.15) is 0 Å². The average molecular weight is 408 g/mol. The van der Waals surface area contributed by atoms with E-state index in [4.69, 9.17) is 4.74 Å². The molecule has 0 spiro atoms. The normalized spacial score (nSPS) is 15.7. The third-order valence-electron chi connectivity index (χ3n) is 5.51. The fourth-order valence-electron chi connectivity index (χ4n) is 3.85. The molecule has 1 saturated heterocycles. The van der Waals surface area contributed by atoms with E-state index in [2.05, 4.69) is 9.80 Å². The Morgan fingerprint density at radius 2 is 1.50 bits per heavy atom. The zero-order valence-corrected chi connectivity index (χ0v) is 16.9. The van der Waals surface area contributed by atoms with Gasteiger partial charge in [0.1, 0.15) is 23.5 Å². The second-order valence-electron chi connectivity index (χ2n) is 7.57. The summed E-state index contributed by atoms with van der Waals surface area (Å²) in [6.45, 7) is 4.52. The molecule has 156 valence electrons. The summed E-state index contributed by atoms with van der Waals surface area (Å²) in [5.41, 5.74) is 1.91. The van der Waals surface area contributed by atoms with E-state index in [1.54, 1.807) is 12.1 Å². The second-order valence-corrected chi connectivity index (χ2v) is 7.57. The van der Waals surface area contributed by atoms with E-state index in [0.717, 1.165) is 56.1 Å². The van der Waals surface area contributed by atoms with E-state index in [9.17, 15) is 8.78 Å². The van der Waals surface area contributed by atoms with Gasteiger partial charge in [0.2, 0.25) is 0 Å². The van der Waals surface area contributed by atoms with E-state index in [1.165, 1.54) is 18.2 Å². The molecule has 3 nitrogen and oxygen atoms in total. The summed E-state index contributed by atoms with van der Waals surface area (Å²) in [7, 11) is 0. The van der Waals surface area contributed by atoms with Gasteiger partial charge in [-0.3, -0.25) is 4.90 Å². The Morgan fingerprint density at radius 3 is 2.20 bits per heavy atom. The lowest BCUT2D eigenvalue weighted by molar-refractivity contribution is 0.160. The predicted molar refractivity (Wildman–Crippen MR) is 116 cm³/mol. The number of hydrogen-bond donors (Lipinski definition) is 0. The summed E-state index contributed by atoms with van der Waals surface area (Å²) in [5.74, 6) is 0.328. The molecule has 1 aliphatic heterocycles. The van der Waals surface area contributed by atoms with Crippen molar-refractivity contribution in [2.24, 2.45) is 0 Å². The summed E-state index contributed by atoms with van der Waals surface area (Å²) in [4.78, 5) is 4.68. The van der Waals surface area contributed by atoms with Crippen LogP contribution in [0.15, 0.2) is 78.9 Å². The molecule has 5 heteroatoms. The first-order chi connectivity index (χ1) is 14.7. The first-order valence-corrected chi connectivity index (χ1v) is 10.4. The summed E-state index contributed by atoms with van der Waals surface area (Å²) in [5, 5.41) is 0. The molecule has 1 aliphatic rings. The Kier molecular flexibility index (Phi) is 6.60. The Morgan fingerprint density at radius 1 is 0.767 bits per heavy atom. The van der Waals surface area contributed by atoms with Crippen LogP contribution >= 0.6 is 0 Å². The molecule has 4 rings (SSSR count). The van der Waals surface area contributed by atoms with Crippen LogP contribution in [-0.4, -0.2) is 37.6 Å². The highest BCUT2D eigenvalue weighted by Gasteiger charge is 2.20. The van der Waals surface area contributed by atoms with Crippen LogP contribution in [0.1, 0.15) is 18.1 Å². The van der Waals surface area contributed by atoms with Crippen LogP contribution in [0, 0.1) is 11.6 Å². The van der Waals surface area contributed by atoms with Gasteiger partial charge in [0.15, 0.2) is 0 Å². The zero-order chi connectivity index (χ0) is 20.8. The maximum Gasteiger partial charge on any atom is 0.125 e. The Balaban J connectivity index is 1.36. The number of ether oxygens (including phenoxy) is 1. The molecule has 0 radical (unpaired) electrons. The van der Waals surface area contributed by atoms with Crippen LogP contribution in [0.2, 0.25) is 0 Å². The summed E-state index contributed by atoms with van der Waals surface area (Å²) in [6.07, 6.45) is 0.563. The van der Waals surface area contributed by atoms with Crippen LogP contribution in [-0.2, 0) is 0 Å². The molecule has 0 amide bonds. The summed E-state index contributed by atoms with van der Waals surface area (Å²) >= 11 is 0. The monoisotopic (exact) mass is 408 g/mol. The number of para-hydroxylation sites is 1. The lowest BCUT2D eigenvalue weighted by Crippen LogP contribution is -2.46. The van der Waals surface area contributed by atoms with Gasteiger partial charge in [0.05, 0.1) is 0 Å². The van der Waals surface area contributed by atoms with Gasteiger partial charge >= 0.3 is 0 Å². The van der Waals surface area contributed by atoms with Gasteiger partial charge in [-0.05, 0) is 54.1 Å². The third-order valence-corrected chi connectivity index (χ3v) is 5.51. The molecule has 0 aliphatic carbocycles. The third kappa shape index (κ3) is 5.36. The largest absolute Gasteiger partial charge is 0.486 e. The molecule has 0 saturated carbocycles. The van der Waals surface area contributed by atoms with Crippen LogP contribution in [0.5, 0.6) is 5.75 Å². The quantitative estimate of drug-likeness (QED) is 0.528. The van der Waals surface area contributed by atoms with Crippen molar-refractivity contribution in [1.29, 1.82) is 0 Å². The second kappa shape index (κ2) is 9.72. The highest BCUT2D eigenvalue weighted by molar-refractivity contribution is 5.46. The average Bonchev–Trinajstić information content (AvgIpc) is 2.78. The van der Waals surface area contributed by atoms with Crippen molar-refractivity contribution in [3.05, 3.63) is 96.1 Å². The Hall–Kier alpha value is -2.92. The molecule has 3 aromatic carbocycles. The minimum atomic E-state index is -0.248. The molecular weight excluding hydrogens is 382 g/mol. The number of halogens is 2. The Bertz CT molecular complexity index is 925. The van der Waals surface area contributed by atoms with Crippen molar-refractivity contribution >= 4 is 5.69 Å². The number of rotatable bonds is 7. The van der Waals surface area contributed by atoms with E-state index >= 15 is 0 Å². The molecule has 0 aromatic heterocycles. The Labute approximate surface area is 176 Å². The van der Waals surface area contributed by atoms with Gasteiger partial charge in [-0.25, -0.2) is 8.78 Å². The van der Waals surface area contributed by atoms with Gasteiger partial charge in [-0.1, -0.05) is 30.3 Å². The fourth-order valence-corrected chi connectivity index (χ4v) is 3.85. The van der Waals surface area contributed by atoms with Crippen molar-refractivity contribution in [3.8, 4) is 5.75 Å². The van der Waals surface area contributed by atoms with Gasteiger partial charge < -0.3 is 9.64 Å². The van der Waals surface area contributed by atoms with Crippen molar-refractivity contribution in [1.82, 2.24) is 4.90 Å². The summed E-state index contributed by atoms with van der Waals surface area (Å²) in [6, 6.07) is 23.0. The first kappa shape index (κ1) is 20.4. The van der Waals surface area contributed by atoms with E-state index in [1.807, 2.05) is 48.5 Å². The maximum atomic E-state index is 13.8. The predicted octanol–water partition coefficient (Wildman–Crippen LogP) is 5.30. The fraction of sp³-hybridized carbons (Fsp3) is 0.280. The van der Waals surface area contributed by atoms with E-state index < -0.39 is 0 Å². The molecule has 0 bridgehead atoms. The standard InChI is InChI=1S/C25H26F2N2O/c26-21-9-11-23(12-10-21)29-17-15-28(16-18-29)14-13-25(20-5-4-6-22(27)19-20)30-24-7-2-1-3-8-24/h1-12,19,25H,13-18H2. The van der Waals surface area contributed by atoms with Gasteiger partial charge in [-0.15, -0.1) is 0 Å². The van der Waals surface area contributed by atoms with Crippen molar-refractivity contribution in [3.63, 3.8) is 0 Å². The van der Waals surface area contributed by atoms with Crippen LogP contribution in [0.4, 0.5) is 14.5 Å². The highest BCUT2D eigenvalue weighted by Crippen LogP contribution is 2.26. The SMILES string of the molecule is Fc1ccc(N2CCN(CCC(Oc3ccccc3)c3cccc(F)c3)CC2)cc1. The van der Waals surface area contributed by atoms with Gasteiger partial charge in [0.25, 0.3) is 0 Å². The number of piperazine rings is 1. The minimum Gasteiger partial charge on any atom is -0.486 e. The molecule has 1 atom stereocenters. The molecule has 0 N–H and O–H groups in total. The highest BCUT2D eigenvalue weighted by atomic mass is 19.1. The lowest BCUT2D eigenvalue weighted by Gasteiger charge is -2.36. The molecule has 1 fully saturated rings. The van der Waals surface area contributed by atoms with Crippen molar-refractivity contribution < 1.29 is 13.5 Å². The number of nitrogens with zero attached hydrogens (tertiary/aromatic N) is 2. The van der Waals surface area contributed by atoms with Crippen molar-refractivity contribution in [2.75, 3.05) is 37.6 Å².